The van der Waals surface area contributed by atoms with Gasteiger partial charge in [-0.1, -0.05) is 30.9 Å². The molecule has 3 aromatic rings. The predicted octanol–water partition coefficient (Wildman–Crippen LogP) is 6.80. The maximum atomic E-state index is 13.0. The van der Waals surface area contributed by atoms with Crippen LogP contribution in [0.5, 0.6) is 11.5 Å². The zero-order valence-corrected chi connectivity index (χ0v) is 22.0. The van der Waals surface area contributed by atoms with Crippen molar-refractivity contribution >= 4 is 34.9 Å². The van der Waals surface area contributed by atoms with Crippen molar-refractivity contribution in [3.05, 3.63) is 81.7 Å². The summed E-state index contributed by atoms with van der Waals surface area (Å²) in [6.07, 6.45) is 1.44. The fourth-order valence-corrected chi connectivity index (χ4v) is 3.97. The van der Waals surface area contributed by atoms with E-state index < -0.39 is 28.7 Å². The molecule has 0 saturated heterocycles. The topological polar surface area (TPSA) is 122 Å². The maximum Gasteiger partial charge on any atom is 0.417 e. The SMILES string of the molecule is O=C(CCCCCCCn1ccc(Oc2ccc(NC(=O)Nc3ccc(Cl)c(C(F)(F)F)c3)cc2)cc1=O)NO. The Balaban J connectivity index is 1.46. The third-order valence-electron chi connectivity index (χ3n) is 5.77. The first-order valence-electron chi connectivity index (χ1n) is 12.4. The lowest BCUT2D eigenvalue weighted by molar-refractivity contribution is -0.137. The van der Waals surface area contributed by atoms with Gasteiger partial charge < -0.3 is 19.9 Å². The van der Waals surface area contributed by atoms with Crippen molar-refractivity contribution in [2.24, 2.45) is 0 Å². The Kier molecular flexibility index (Phi) is 11.0. The number of urea groups is 1. The van der Waals surface area contributed by atoms with Crippen LogP contribution in [0.3, 0.4) is 0 Å². The van der Waals surface area contributed by atoms with E-state index in [1.54, 1.807) is 34.4 Å². The van der Waals surface area contributed by atoms with Gasteiger partial charge in [0.05, 0.1) is 10.6 Å². The number of amides is 3. The quantitative estimate of drug-likeness (QED) is 0.107. The average molecular weight is 581 g/mol. The summed E-state index contributed by atoms with van der Waals surface area (Å²) >= 11 is 5.59. The van der Waals surface area contributed by atoms with Gasteiger partial charge in [-0.3, -0.25) is 14.8 Å². The summed E-state index contributed by atoms with van der Waals surface area (Å²) in [5.74, 6) is 0.350. The Morgan fingerprint density at radius 1 is 0.875 bits per heavy atom. The van der Waals surface area contributed by atoms with Crippen LogP contribution in [-0.4, -0.2) is 21.7 Å². The average Bonchev–Trinajstić information content (AvgIpc) is 2.90. The Morgan fingerprint density at radius 3 is 2.20 bits per heavy atom. The number of alkyl halides is 3. The third kappa shape index (κ3) is 9.62. The molecular weight excluding hydrogens is 553 g/mol. The number of carbonyl (C=O) groups excluding carboxylic acids is 2. The van der Waals surface area contributed by atoms with Crippen molar-refractivity contribution in [2.45, 2.75) is 51.2 Å². The Labute approximate surface area is 232 Å². The largest absolute Gasteiger partial charge is 0.457 e. The van der Waals surface area contributed by atoms with E-state index in [-0.39, 0.29) is 17.7 Å². The molecule has 2 aromatic carbocycles. The van der Waals surface area contributed by atoms with Crippen LogP contribution in [0.4, 0.5) is 29.3 Å². The number of aryl methyl sites for hydroxylation is 1. The minimum Gasteiger partial charge on any atom is -0.457 e. The van der Waals surface area contributed by atoms with Crippen LogP contribution >= 0.6 is 11.6 Å². The first-order chi connectivity index (χ1) is 19.0. The molecule has 0 aliphatic heterocycles. The standard InChI is InChI=1S/C27H28ClF3N4O5/c28-23-12-9-19(16-22(23)27(29,30)31)33-26(38)32-18-7-10-20(11-8-18)40-21-13-15-35(25(37)17-21)14-5-3-1-2-4-6-24(36)34-39/h7-13,15-17,39H,1-6,14H2,(H,34,36)(H2,32,33,38). The third-order valence-corrected chi connectivity index (χ3v) is 6.10. The Bertz CT molecular complexity index is 1360. The van der Waals surface area contributed by atoms with Crippen LogP contribution in [0.25, 0.3) is 0 Å². The number of unbranched alkanes of at least 4 members (excludes halogenated alkanes) is 4. The monoisotopic (exact) mass is 580 g/mol. The van der Waals surface area contributed by atoms with Crippen LogP contribution in [0.1, 0.15) is 44.1 Å². The van der Waals surface area contributed by atoms with Gasteiger partial charge in [0.2, 0.25) is 5.91 Å². The number of carbonyl (C=O) groups is 2. The van der Waals surface area contributed by atoms with Crippen LogP contribution in [0.15, 0.2) is 65.6 Å². The fraction of sp³-hybridized carbons (Fsp3) is 0.296. The molecule has 0 radical (unpaired) electrons. The number of ether oxygens (including phenoxy) is 1. The molecule has 1 heterocycles. The lowest BCUT2D eigenvalue weighted by Crippen LogP contribution is -2.20. The minimum atomic E-state index is -4.66. The number of hydrogen-bond donors (Lipinski definition) is 4. The molecule has 0 spiro atoms. The second-order valence-electron chi connectivity index (χ2n) is 8.84. The summed E-state index contributed by atoms with van der Waals surface area (Å²) in [4.78, 5) is 35.6. The summed E-state index contributed by atoms with van der Waals surface area (Å²) in [7, 11) is 0. The molecule has 0 aliphatic carbocycles. The number of anilines is 2. The lowest BCUT2D eigenvalue weighted by atomic mass is 10.1. The van der Waals surface area contributed by atoms with Crippen molar-refractivity contribution in [1.29, 1.82) is 0 Å². The molecule has 0 fully saturated rings. The van der Waals surface area contributed by atoms with Crippen molar-refractivity contribution in [2.75, 3.05) is 10.6 Å². The van der Waals surface area contributed by atoms with Gasteiger partial charge in [0.15, 0.2) is 0 Å². The fourth-order valence-electron chi connectivity index (χ4n) is 3.75. The highest BCUT2D eigenvalue weighted by Gasteiger charge is 2.33. The molecule has 0 aliphatic rings. The molecule has 0 unspecified atom stereocenters. The van der Waals surface area contributed by atoms with Crippen molar-refractivity contribution < 1.29 is 32.7 Å². The molecule has 0 atom stereocenters. The van der Waals surface area contributed by atoms with Crippen LogP contribution < -0.4 is 26.4 Å². The number of rotatable bonds is 12. The summed E-state index contributed by atoms with van der Waals surface area (Å²) in [6, 6.07) is 11.5. The van der Waals surface area contributed by atoms with Gasteiger partial charge in [-0.05, 0) is 61.4 Å². The van der Waals surface area contributed by atoms with Gasteiger partial charge in [0.25, 0.3) is 5.56 Å². The zero-order chi connectivity index (χ0) is 29.1. The molecule has 214 valence electrons. The zero-order valence-electron chi connectivity index (χ0n) is 21.3. The van der Waals surface area contributed by atoms with Crippen LogP contribution in [0, 0.1) is 0 Å². The van der Waals surface area contributed by atoms with Gasteiger partial charge in [-0.2, -0.15) is 13.2 Å². The van der Waals surface area contributed by atoms with Crippen molar-refractivity contribution in [3.8, 4) is 11.5 Å². The predicted molar refractivity (Wildman–Crippen MR) is 144 cm³/mol. The van der Waals surface area contributed by atoms with Crippen LogP contribution in [0.2, 0.25) is 5.02 Å². The number of nitrogens with zero attached hydrogens (tertiary/aromatic N) is 1. The lowest BCUT2D eigenvalue weighted by Gasteiger charge is -2.13. The minimum absolute atomic E-state index is 0.0754. The second kappa shape index (κ2) is 14.4. The Morgan fingerprint density at radius 2 is 1.52 bits per heavy atom. The summed E-state index contributed by atoms with van der Waals surface area (Å²) in [5, 5.41) is 12.8. The highest BCUT2D eigenvalue weighted by Crippen LogP contribution is 2.36. The maximum absolute atomic E-state index is 13.0. The molecular formula is C27H28ClF3N4O5. The number of nitrogens with one attached hydrogen (secondary N) is 3. The molecule has 9 nitrogen and oxygen atoms in total. The number of hydroxylamine groups is 1. The summed E-state index contributed by atoms with van der Waals surface area (Å²) < 4.78 is 46.3. The molecule has 1 aromatic heterocycles. The molecule has 3 amide bonds. The number of halogens is 4. The summed E-state index contributed by atoms with van der Waals surface area (Å²) in [5.41, 5.74) is 0.615. The molecule has 40 heavy (non-hydrogen) atoms. The first-order valence-corrected chi connectivity index (χ1v) is 12.8. The van der Waals surface area contributed by atoms with E-state index in [0.717, 1.165) is 37.8 Å². The normalized spacial score (nSPS) is 11.1. The van der Waals surface area contributed by atoms with Crippen LogP contribution in [-0.2, 0) is 17.5 Å². The van der Waals surface area contributed by atoms with Gasteiger partial charge in [0.1, 0.15) is 11.5 Å². The summed E-state index contributed by atoms with van der Waals surface area (Å²) in [6.45, 7) is 0.548. The highest BCUT2D eigenvalue weighted by molar-refractivity contribution is 6.31. The van der Waals surface area contributed by atoms with E-state index in [1.807, 2.05) is 0 Å². The molecule has 13 heteroatoms. The Hall–Kier alpha value is -4.03. The van der Waals surface area contributed by atoms with Gasteiger partial charge in [0, 0.05) is 36.6 Å². The van der Waals surface area contributed by atoms with E-state index in [0.29, 0.717) is 30.2 Å². The van der Waals surface area contributed by atoms with Gasteiger partial charge in [-0.25, -0.2) is 10.3 Å². The number of benzene rings is 2. The van der Waals surface area contributed by atoms with E-state index in [9.17, 15) is 27.6 Å². The number of aromatic nitrogens is 1. The molecule has 0 bridgehead atoms. The van der Waals surface area contributed by atoms with Gasteiger partial charge >= 0.3 is 12.2 Å². The number of hydrogen-bond acceptors (Lipinski definition) is 5. The smallest absolute Gasteiger partial charge is 0.417 e. The molecule has 3 rings (SSSR count). The molecule has 0 saturated carbocycles. The van der Waals surface area contributed by atoms with E-state index >= 15 is 0 Å². The second-order valence-corrected chi connectivity index (χ2v) is 9.25. The first kappa shape index (κ1) is 30.5. The van der Waals surface area contributed by atoms with Gasteiger partial charge in [-0.15, -0.1) is 0 Å². The van der Waals surface area contributed by atoms with E-state index in [2.05, 4.69) is 10.6 Å². The van der Waals surface area contributed by atoms with Crippen molar-refractivity contribution in [3.63, 3.8) is 0 Å². The number of pyridine rings is 1. The highest BCUT2D eigenvalue weighted by atomic mass is 35.5. The van der Waals surface area contributed by atoms with E-state index in [1.165, 1.54) is 24.3 Å². The van der Waals surface area contributed by atoms with E-state index in [4.69, 9.17) is 21.5 Å². The molecule has 4 N–H and O–H groups in total. The van der Waals surface area contributed by atoms with Crippen molar-refractivity contribution in [1.82, 2.24) is 10.0 Å².